The van der Waals surface area contributed by atoms with Crippen molar-refractivity contribution >= 4 is 48.1 Å². The maximum Gasteiger partial charge on any atom is 0.0397 e. The number of benzene rings is 3. The molecule has 0 aliphatic heterocycles. The Morgan fingerprint density at radius 1 is 0.719 bits per heavy atom. The zero-order valence-corrected chi connectivity index (χ0v) is 21.3. The molecular formula is C30H31BrS. The largest absolute Gasteiger partial charge is 0.140 e. The maximum atomic E-state index is 3.73. The van der Waals surface area contributed by atoms with Crippen molar-refractivity contribution in [1.82, 2.24) is 0 Å². The molecule has 0 atom stereocenters. The third kappa shape index (κ3) is 6.25. The number of aryl methyl sites for hydroxylation is 1. The molecule has 1 heterocycles. The molecule has 4 aromatic rings. The Morgan fingerprint density at radius 3 is 2.22 bits per heavy atom. The average Bonchev–Trinajstić information content (AvgIpc) is 3.20. The van der Waals surface area contributed by atoms with Crippen molar-refractivity contribution in [2.24, 2.45) is 0 Å². The highest BCUT2D eigenvalue weighted by Gasteiger charge is 2.07. The fourth-order valence-corrected chi connectivity index (χ4v) is 5.77. The SMILES string of the molecule is CCCCCCCCCCc1cc2cc3cc(C#Cc4ccccc4)c(Br)cc3cc2s1. The Morgan fingerprint density at radius 2 is 1.44 bits per heavy atom. The second-order valence-electron chi connectivity index (χ2n) is 8.62. The molecule has 0 saturated carbocycles. The van der Waals surface area contributed by atoms with Gasteiger partial charge in [0.25, 0.3) is 0 Å². The molecule has 0 nitrogen and oxygen atoms in total. The molecule has 3 aromatic carbocycles. The number of fused-ring (bicyclic) bond motifs is 2. The lowest BCUT2D eigenvalue weighted by atomic mass is 10.0. The fourth-order valence-electron chi connectivity index (χ4n) is 4.18. The van der Waals surface area contributed by atoms with Gasteiger partial charge in [-0.25, -0.2) is 0 Å². The Kier molecular flexibility index (Phi) is 8.43. The van der Waals surface area contributed by atoms with E-state index in [4.69, 9.17) is 0 Å². The number of hydrogen-bond donors (Lipinski definition) is 0. The summed E-state index contributed by atoms with van der Waals surface area (Å²) in [6, 6.07) is 21.7. The normalized spacial score (nSPS) is 11.1. The van der Waals surface area contributed by atoms with Crippen molar-refractivity contribution < 1.29 is 0 Å². The van der Waals surface area contributed by atoms with Crippen molar-refractivity contribution in [3.8, 4) is 11.8 Å². The molecule has 0 saturated heterocycles. The van der Waals surface area contributed by atoms with Crippen LogP contribution in [0.5, 0.6) is 0 Å². The van der Waals surface area contributed by atoms with E-state index in [2.05, 4.69) is 65.0 Å². The molecule has 4 rings (SSSR count). The minimum absolute atomic E-state index is 1.04. The molecule has 0 radical (unpaired) electrons. The van der Waals surface area contributed by atoms with Gasteiger partial charge in [-0.1, -0.05) is 81.9 Å². The highest BCUT2D eigenvalue weighted by Crippen LogP contribution is 2.33. The van der Waals surface area contributed by atoms with Crippen LogP contribution in [0.15, 0.2) is 65.1 Å². The van der Waals surface area contributed by atoms with Gasteiger partial charge in [0.15, 0.2) is 0 Å². The summed E-state index contributed by atoms with van der Waals surface area (Å²) in [5.74, 6) is 6.61. The van der Waals surface area contributed by atoms with E-state index in [0.717, 1.165) is 15.6 Å². The lowest BCUT2D eigenvalue weighted by molar-refractivity contribution is 0.576. The van der Waals surface area contributed by atoms with Crippen LogP contribution in [-0.4, -0.2) is 0 Å². The second-order valence-corrected chi connectivity index (χ2v) is 10.6. The molecule has 1 aromatic heterocycles. The van der Waals surface area contributed by atoms with Crippen LogP contribution >= 0.6 is 27.3 Å². The van der Waals surface area contributed by atoms with Crippen molar-refractivity contribution in [2.75, 3.05) is 0 Å². The minimum Gasteiger partial charge on any atom is -0.140 e. The summed E-state index contributed by atoms with van der Waals surface area (Å²) in [7, 11) is 0. The minimum atomic E-state index is 1.04. The van der Waals surface area contributed by atoms with E-state index in [-0.39, 0.29) is 0 Å². The molecule has 0 bridgehead atoms. The lowest BCUT2D eigenvalue weighted by Crippen LogP contribution is -1.83. The summed E-state index contributed by atoms with van der Waals surface area (Å²) in [6.07, 6.45) is 12.2. The van der Waals surface area contributed by atoms with Gasteiger partial charge in [0.05, 0.1) is 0 Å². The van der Waals surface area contributed by atoms with Crippen molar-refractivity contribution in [1.29, 1.82) is 0 Å². The zero-order chi connectivity index (χ0) is 22.2. The third-order valence-electron chi connectivity index (χ3n) is 6.00. The quantitative estimate of drug-likeness (QED) is 0.157. The van der Waals surface area contributed by atoms with Crippen LogP contribution in [0.25, 0.3) is 20.9 Å². The summed E-state index contributed by atoms with van der Waals surface area (Å²) >= 11 is 5.69. The second kappa shape index (κ2) is 11.7. The molecule has 0 unspecified atom stereocenters. The number of halogens is 1. The molecule has 0 aliphatic rings. The van der Waals surface area contributed by atoms with Crippen LogP contribution < -0.4 is 0 Å². The lowest BCUT2D eigenvalue weighted by Gasteiger charge is -2.03. The Hall–Kier alpha value is -2.08. The summed E-state index contributed by atoms with van der Waals surface area (Å²) < 4.78 is 2.45. The van der Waals surface area contributed by atoms with Crippen LogP contribution in [0.3, 0.4) is 0 Å². The van der Waals surface area contributed by atoms with Crippen LogP contribution in [0.1, 0.15) is 74.3 Å². The number of hydrogen-bond acceptors (Lipinski definition) is 1. The van der Waals surface area contributed by atoms with Gasteiger partial charge in [-0.2, -0.15) is 0 Å². The van der Waals surface area contributed by atoms with Crippen molar-refractivity contribution in [3.63, 3.8) is 0 Å². The van der Waals surface area contributed by atoms with E-state index < -0.39 is 0 Å². The number of rotatable bonds is 9. The van der Waals surface area contributed by atoms with Gasteiger partial charge >= 0.3 is 0 Å². The molecule has 0 spiro atoms. The first-order chi connectivity index (χ1) is 15.7. The Bertz CT molecular complexity index is 1220. The van der Waals surface area contributed by atoms with E-state index >= 15 is 0 Å². The molecule has 0 aliphatic carbocycles. The van der Waals surface area contributed by atoms with Gasteiger partial charge in [-0.05, 0) is 87.4 Å². The Balaban J connectivity index is 1.43. The van der Waals surface area contributed by atoms with E-state index in [1.54, 1.807) is 0 Å². The predicted octanol–water partition coefficient (Wildman–Crippen LogP) is 9.90. The van der Waals surface area contributed by atoms with Gasteiger partial charge < -0.3 is 0 Å². The summed E-state index contributed by atoms with van der Waals surface area (Å²) in [5, 5.41) is 3.89. The standard InChI is InChI=1S/C30H31BrS/c1-2-3-4-5-6-7-8-12-15-28-20-27-19-25-18-24(17-16-23-13-10-9-11-14-23)29(31)21-26(25)22-30(27)32-28/h9-11,13-14,18-22H,2-8,12,15H2,1H3. The molecule has 2 heteroatoms. The first-order valence-corrected chi connectivity index (χ1v) is 13.6. The first kappa shape index (κ1) is 23.1. The van der Waals surface area contributed by atoms with E-state index in [9.17, 15) is 0 Å². The number of unbranched alkanes of at least 4 members (excludes halogenated alkanes) is 7. The van der Waals surface area contributed by atoms with Crippen LogP contribution in [0.2, 0.25) is 0 Å². The Labute approximate surface area is 205 Å². The van der Waals surface area contributed by atoms with Crippen molar-refractivity contribution in [3.05, 3.63) is 81.1 Å². The molecule has 164 valence electrons. The molecule has 0 N–H and O–H groups in total. The maximum absolute atomic E-state index is 3.73. The molecule has 0 amide bonds. The van der Waals surface area contributed by atoms with Gasteiger partial charge in [0.2, 0.25) is 0 Å². The van der Waals surface area contributed by atoms with Gasteiger partial charge in [0, 0.05) is 25.2 Å². The van der Waals surface area contributed by atoms with Gasteiger partial charge in [-0.15, -0.1) is 11.3 Å². The first-order valence-electron chi connectivity index (χ1n) is 12.0. The summed E-state index contributed by atoms with van der Waals surface area (Å²) in [6.45, 7) is 2.28. The summed E-state index contributed by atoms with van der Waals surface area (Å²) in [5.41, 5.74) is 2.08. The third-order valence-corrected chi connectivity index (χ3v) is 7.82. The predicted molar refractivity (Wildman–Crippen MR) is 146 cm³/mol. The van der Waals surface area contributed by atoms with Gasteiger partial charge in [-0.3, -0.25) is 0 Å². The number of thiophene rings is 1. The highest BCUT2D eigenvalue weighted by molar-refractivity contribution is 9.10. The smallest absolute Gasteiger partial charge is 0.0397 e. The molecule has 32 heavy (non-hydrogen) atoms. The molecule has 0 fully saturated rings. The van der Waals surface area contributed by atoms with E-state index in [0.29, 0.717) is 0 Å². The topological polar surface area (TPSA) is 0 Å². The molecular weight excluding hydrogens is 472 g/mol. The van der Waals surface area contributed by atoms with Crippen LogP contribution in [-0.2, 0) is 6.42 Å². The van der Waals surface area contributed by atoms with Gasteiger partial charge in [0.1, 0.15) is 0 Å². The monoisotopic (exact) mass is 502 g/mol. The van der Waals surface area contributed by atoms with Crippen LogP contribution in [0, 0.1) is 11.8 Å². The van der Waals surface area contributed by atoms with Crippen LogP contribution in [0.4, 0.5) is 0 Å². The highest BCUT2D eigenvalue weighted by atomic mass is 79.9. The van der Waals surface area contributed by atoms with E-state index in [1.165, 1.54) is 83.5 Å². The summed E-state index contributed by atoms with van der Waals surface area (Å²) in [4.78, 5) is 1.52. The average molecular weight is 504 g/mol. The fraction of sp³-hybridized carbons (Fsp3) is 0.333. The van der Waals surface area contributed by atoms with E-state index in [1.807, 2.05) is 41.7 Å². The van der Waals surface area contributed by atoms with Crippen molar-refractivity contribution in [2.45, 2.75) is 64.7 Å². The zero-order valence-electron chi connectivity index (χ0n) is 18.9.